The fraction of sp³-hybridized carbons (Fsp3) is 0. The first kappa shape index (κ1) is 24.6. The predicted molar refractivity (Wildman–Crippen MR) is 178 cm³/mol. The van der Waals surface area contributed by atoms with Crippen LogP contribution in [0.25, 0.3) is 88.9 Å². The highest BCUT2D eigenvalue weighted by Crippen LogP contribution is 2.37. The van der Waals surface area contributed by atoms with E-state index in [1.165, 1.54) is 0 Å². The molecule has 0 aliphatic rings. The average molecular weight is 565 g/mol. The zero-order valence-corrected chi connectivity index (χ0v) is 23.6. The molecule has 0 spiro atoms. The lowest BCUT2D eigenvalue weighted by Crippen LogP contribution is -1.91. The van der Waals surface area contributed by atoms with Crippen LogP contribution in [0, 0.1) is 0 Å². The van der Waals surface area contributed by atoms with Crippen LogP contribution >= 0.6 is 0 Å². The van der Waals surface area contributed by atoms with E-state index in [0.29, 0.717) is 0 Å². The molecule has 0 bridgehead atoms. The normalized spacial score (nSPS) is 11.6. The van der Waals surface area contributed by atoms with Crippen LogP contribution < -0.4 is 0 Å². The van der Waals surface area contributed by atoms with Crippen molar-refractivity contribution in [3.63, 3.8) is 0 Å². The van der Waals surface area contributed by atoms with Gasteiger partial charge < -0.3 is 8.83 Å². The molecule has 4 nitrogen and oxygen atoms in total. The lowest BCUT2D eigenvalue weighted by molar-refractivity contribution is 0.669. The summed E-state index contributed by atoms with van der Waals surface area (Å²) >= 11 is 0. The molecule has 0 fully saturated rings. The number of furan rings is 2. The van der Waals surface area contributed by atoms with Gasteiger partial charge in [-0.1, -0.05) is 91.0 Å². The van der Waals surface area contributed by atoms with Gasteiger partial charge in [-0.3, -0.25) is 0 Å². The van der Waals surface area contributed by atoms with Gasteiger partial charge in [0.15, 0.2) is 0 Å². The minimum absolute atomic E-state index is 0.854. The molecule has 4 heteroatoms. The first-order chi connectivity index (χ1) is 21.8. The Morgan fingerprint density at radius 3 is 1.27 bits per heavy atom. The van der Waals surface area contributed by atoms with Gasteiger partial charge in [0.05, 0.1) is 22.8 Å². The zero-order valence-electron chi connectivity index (χ0n) is 23.6. The fourth-order valence-corrected chi connectivity index (χ4v) is 6.23. The maximum absolute atomic E-state index is 6.30. The minimum Gasteiger partial charge on any atom is -0.455 e. The van der Waals surface area contributed by atoms with Gasteiger partial charge in [-0.15, -0.1) is 0 Å². The third-order valence-corrected chi connectivity index (χ3v) is 8.31. The molecule has 44 heavy (non-hydrogen) atoms. The van der Waals surface area contributed by atoms with E-state index in [2.05, 4.69) is 84.9 Å². The van der Waals surface area contributed by atoms with Crippen molar-refractivity contribution in [2.75, 3.05) is 0 Å². The first-order valence-corrected chi connectivity index (χ1v) is 14.7. The molecule has 4 aromatic heterocycles. The SMILES string of the molecule is c1cc(-c2cccc(-c3cccc4c3oc3ccccc34)n2)cc(-c2cccc(-c3cccc4c3oc3ccccc34)n2)c1. The summed E-state index contributed by atoms with van der Waals surface area (Å²) in [6.45, 7) is 0. The number of hydrogen-bond acceptors (Lipinski definition) is 4. The molecule has 5 aromatic carbocycles. The van der Waals surface area contributed by atoms with E-state index in [1.54, 1.807) is 0 Å². The molecule has 206 valence electrons. The second kappa shape index (κ2) is 9.79. The van der Waals surface area contributed by atoms with Crippen molar-refractivity contribution in [2.24, 2.45) is 0 Å². The fourth-order valence-electron chi connectivity index (χ4n) is 6.23. The molecule has 0 radical (unpaired) electrons. The Labute approximate surface area is 252 Å². The highest BCUT2D eigenvalue weighted by Gasteiger charge is 2.15. The molecule has 0 N–H and O–H groups in total. The van der Waals surface area contributed by atoms with Gasteiger partial charge >= 0.3 is 0 Å². The van der Waals surface area contributed by atoms with E-state index in [1.807, 2.05) is 60.7 Å². The summed E-state index contributed by atoms with van der Waals surface area (Å²) in [5, 5.41) is 4.41. The van der Waals surface area contributed by atoms with Crippen molar-refractivity contribution in [3.8, 4) is 45.0 Å². The predicted octanol–water partition coefficient (Wildman–Crippen LogP) is 10.9. The molecule has 0 atom stereocenters. The van der Waals surface area contributed by atoms with Crippen molar-refractivity contribution >= 4 is 43.9 Å². The Hall–Kier alpha value is -6.00. The van der Waals surface area contributed by atoms with Gasteiger partial charge in [0, 0.05) is 43.8 Å². The van der Waals surface area contributed by atoms with Crippen molar-refractivity contribution in [3.05, 3.63) is 146 Å². The number of pyridine rings is 2. The van der Waals surface area contributed by atoms with Gasteiger partial charge in [-0.2, -0.15) is 0 Å². The number of fused-ring (bicyclic) bond motifs is 6. The van der Waals surface area contributed by atoms with Gasteiger partial charge in [0.2, 0.25) is 0 Å². The van der Waals surface area contributed by atoms with Crippen LogP contribution in [0.15, 0.2) is 154 Å². The molecule has 9 rings (SSSR count). The van der Waals surface area contributed by atoms with E-state index in [-0.39, 0.29) is 0 Å². The number of benzene rings is 5. The van der Waals surface area contributed by atoms with E-state index >= 15 is 0 Å². The Morgan fingerprint density at radius 2 is 0.750 bits per heavy atom. The lowest BCUT2D eigenvalue weighted by atomic mass is 10.0. The molecule has 0 saturated heterocycles. The van der Waals surface area contributed by atoms with Crippen molar-refractivity contribution in [1.29, 1.82) is 0 Å². The van der Waals surface area contributed by atoms with E-state index in [0.717, 1.165) is 88.9 Å². The second-order valence-corrected chi connectivity index (χ2v) is 11.0. The number of para-hydroxylation sites is 4. The zero-order chi connectivity index (χ0) is 29.0. The van der Waals surface area contributed by atoms with Crippen molar-refractivity contribution in [2.45, 2.75) is 0 Å². The molecule has 0 aliphatic heterocycles. The minimum atomic E-state index is 0.854. The topological polar surface area (TPSA) is 52.1 Å². The molecular formula is C40H24N2O2. The standard InChI is InChI=1S/C40H24N2O2/c1-3-22-37-27(12-1)29-14-6-16-31(39(29)43-37)35-20-8-18-33(41-35)25-10-5-11-26(24-25)34-19-9-21-36(42-34)32-17-7-15-30-28-13-2-4-23-38(28)44-40(30)32/h1-24H. The van der Waals surface area contributed by atoms with Crippen LogP contribution in [0.2, 0.25) is 0 Å². The third kappa shape index (κ3) is 3.92. The Balaban J connectivity index is 1.11. The number of aromatic nitrogens is 2. The summed E-state index contributed by atoms with van der Waals surface area (Å²) in [6.07, 6.45) is 0. The molecule has 4 heterocycles. The van der Waals surface area contributed by atoms with Crippen LogP contribution in [-0.4, -0.2) is 9.97 Å². The number of rotatable bonds is 4. The average Bonchev–Trinajstić information content (AvgIpc) is 3.67. The van der Waals surface area contributed by atoms with E-state index in [9.17, 15) is 0 Å². The van der Waals surface area contributed by atoms with Crippen LogP contribution in [-0.2, 0) is 0 Å². The molecule has 9 aromatic rings. The van der Waals surface area contributed by atoms with Gasteiger partial charge in [0.25, 0.3) is 0 Å². The summed E-state index contributed by atoms with van der Waals surface area (Å²) < 4.78 is 12.6. The highest BCUT2D eigenvalue weighted by atomic mass is 16.3. The molecule has 0 unspecified atom stereocenters. The second-order valence-electron chi connectivity index (χ2n) is 11.0. The molecule has 0 saturated carbocycles. The van der Waals surface area contributed by atoms with Crippen molar-refractivity contribution < 1.29 is 8.83 Å². The van der Waals surface area contributed by atoms with Crippen LogP contribution in [0.5, 0.6) is 0 Å². The maximum Gasteiger partial charge on any atom is 0.144 e. The molecular weight excluding hydrogens is 540 g/mol. The van der Waals surface area contributed by atoms with Crippen LogP contribution in [0.1, 0.15) is 0 Å². The van der Waals surface area contributed by atoms with Gasteiger partial charge in [-0.25, -0.2) is 9.97 Å². The number of nitrogens with zero attached hydrogens (tertiary/aromatic N) is 2. The first-order valence-electron chi connectivity index (χ1n) is 14.7. The van der Waals surface area contributed by atoms with E-state index in [4.69, 9.17) is 18.8 Å². The quantitative estimate of drug-likeness (QED) is 0.213. The Morgan fingerprint density at radius 1 is 0.341 bits per heavy atom. The van der Waals surface area contributed by atoms with Gasteiger partial charge in [-0.05, 0) is 54.6 Å². The third-order valence-electron chi connectivity index (χ3n) is 8.31. The highest BCUT2D eigenvalue weighted by molar-refractivity contribution is 6.10. The Bertz CT molecular complexity index is 2350. The van der Waals surface area contributed by atoms with E-state index < -0.39 is 0 Å². The smallest absolute Gasteiger partial charge is 0.144 e. The van der Waals surface area contributed by atoms with Crippen molar-refractivity contribution in [1.82, 2.24) is 9.97 Å². The molecule has 0 amide bonds. The number of hydrogen-bond donors (Lipinski definition) is 0. The summed E-state index contributed by atoms with van der Waals surface area (Å²) in [7, 11) is 0. The Kier molecular flexibility index (Phi) is 5.47. The summed E-state index contributed by atoms with van der Waals surface area (Å²) in [5.41, 5.74) is 11.0. The van der Waals surface area contributed by atoms with Gasteiger partial charge in [0.1, 0.15) is 22.3 Å². The largest absolute Gasteiger partial charge is 0.455 e. The summed E-state index contributed by atoms with van der Waals surface area (Å²) in [4.78, 5) is 10.2. The van der Waals surface area contributed by atoms with Crippen LogP contribution in [0.3, 0.4) is 0 Å². The van der Waals surface area contributed by atoms with Crippen LogP contribution in [0.4, 0.5) is 0 Å². The summed E-state index contributed by atoms with van der Waals surface area (Å²) in [5.74, 6) is 0. The lowest BCUT2D eigenvalue weighted by Gasteiger charge is -2.09. The summed E-state index contributed by atoms with van der Waals surface area (Å²) in [6, 6.07) is 49.5. The monoisotopic (exact) mass is 564 g/mol. The maximum atomic E-state index is 6.30. The molecule has 0 aliphatic carbocycles.